The Morgan fingerprint density at radius 2 is 2.00 bits per heavy atom. The molecule has 5 nitrogen and oxygen atoms in total. The van der Waals surface area contributed by atoms with Crippen molar-refractivity contribution in [1.29, 1.82) is 0 Å². The van der Waals surface area contributed by atoms with Gasteiger partial charge in [-0.2, -0.15) is 0 Å². The number of hydrogen-bond acceptors (Lipinski definition) is 4. The third kappa shape index (κ3) is 4.58. The largest absolute Gasteiger partial charge is 0.355 e. The number of fused-ring (bicyclic) bond motifs is 3. The average Bonchev–Trinajstić information content (AvgIpc) is 2.93. The first-order valence-electron chi connectivity index (χ1n) is 10.5. The molecule has 0 saturated heterocycles. The summed E-state index contributed by atoms with van der Waals surface area (Å²) in [5.41, 5.74) is 2.36. The van der Waals surface area contributed by atoms with Gasteiger partial charge in [-0.05, 0) is 42.7 Å². The first kappa shape index (κ1) is 19.8. The highest BCUT2D eigenvalue weighted by Crippen LogP contribution is 2.32. The van der Waals surface area contributed by atoms with Crippen LogP contribution in [0.5, 0.6) is 0 Å². The lowest BCUT2D eigenvalue weighted by atomic mass is 10.0. The number of hydrogen-bond donors (Lipinski definition) is 2. The van der Waals surface area contributed by atoms with Crippen molar-refractivity contribution in [2.24, 2.45) is 0 Å². The van der Waals surface area contributed by atoms with Crippen LogP contribution in [-0.4, -0.2) is 22.4 Å². The first-order valence-corrected chi connectivity index (χ1v) is 11.3. The van der Waals surface area contributed by atoms with E-state index < -0.39 is 0 Å². The van der Waals surface area contributed by atoms with Crippen LogP contribution in [-0.2, 0) is 24.1 Å². The SMILES string of the molecule is C[C@@H](CNC(=O)CCc1nc2sc3c(c2c(=O)[nH]1)CCCCC3)c1ccccc1. The van der Waals surface area contributed by atoms with E-state index in [-0.39, 0.29) is 17.4 Å². The van der Waals surface area contributed by atoms with Crippen LogP contribution in [0.25, 0.3) is 10.2 Å². The number of benzene rings is 1. The van der Waals surface area contributed by atoms with Gasteiger partial charge in [0.25, 0.3) is 5.56 Å². The predicted octanol–water partition coefficient (Wildman–Crippen LogP) is 4.11. The number of H-pyrrole nitrogens is 1. The lowest BCUT2D eigenvalue weighted by molar-refractivity contribution is -0.121. The second-order valence-corrected chi connectivity index (χ2v) is 8.96. The van der Waals surface area contributed by atoms with Crippen molar-refractivity contribution in [2.45, 2.75) is 57.8 Å². The maximum absolute atomic E-state index is 12.7. The standard InChI is InChI=1S/C23H27N3O2S/c1-15(16-8-4-2-5-9-16)14-24-20(27)13-12-19-25-22(28)21-17-10-6-3-7-11-18(17)29-23(21)26-19/h2,4-5,8-9,15H,3,6-7,10-14H2,1H3,(H,24,27)(H,25,26,28)/t15-/m0/s1. The molecule has 1 atom stereocenters. The molecule has 0 aliphatic heterocycles. The summed E-state index contributed by atoms with van der Waals surface area (Å²) in [6, 6.07) is 10.2. The van der Waals surface area contributed by atoms with E-state index in [0.29, 0.717) is 25.2 Å². The Morgan fingerprint density at radius 1 is 1.21 bits per heavy atom. The van der Waals surface area contributed by atoms with Crippen molar-refractivity contribution in [1.82, 2.24) is 15.3 Å². The fourth-order valence-electron chi connectivity index (χ4n) is 3.99. The molecule has 152 valence electrons. The molecule has 29 heavy (non-hydrogen) atoms. The summed E-state index contributed by atoms with van der Waals surface area (Å²) in [5, 5.41) is 3.77. The van der Waals surface area contributed by atoms with Crippen molar-refractivity contribution < 1.29 is 4.79 Å². The molecule has 0 bridgehead atoms. The molecule has 1 aliphatic rings. The van der Waals surface area contributed by atoms with Crippen LogP contribution in [0.2, 0.25) is 0 Å². The molecule has 6 heteroatoms. The van der Waals surface area contributed by atoms with Crippen LogP contribution in [0.3, 0.4) is 0 Å². The number of rotatable bonds is 6. The predicted molar refractivity (Wildman–Crippen MR) is 118 cm³/mol. The zero-order chi connectivity index (χ0) is 20.2. The molecular formula is C23H27N3O2S. The second-order valence-electron chi connectivity index (χ2n) is 7.87. The van der Waals surface area contributed by atoms with Crippen LogP contribution >= 0.6 is 11.3 Å². The molecule has 2 heterocycles. The zero-order valence-corrected chi connectivity index (χ0v) is 17.6. The molecule has 0 fully saturated rings. The lowest BCUT2D eigenvalue weighted by Gasteiger charge is -2.13. The van der Waals surface area contributed by atoms with Crippen LogP contribution in [0.4, 0.5) is 0 Å². The Balaban J connectivity index is 1.38. The molecule has 1 amide bonds. The molecule has 2 N–H and O–H groups in total. The van der Waals surface area contributed by atoms with Gasteiger partial charge in [-0.15, -0.1) is 11.3 Å². The van der Waals surface area contributed by atoms with Gasteiger partial charge in [0.05, 0.1) is 5.39 Å². The van der Waals surface area contributed by atoms with E-state index in [1.165, 1.54) is 28.8 Å². The van der Waals surface area contributed by atoms with Gasteiger partial charge in [0.1, 0.15) is 10.7 Å². The van der Waals surface area contributed by atoms with Gasteiger partial charge in [0, 0.05) is 24.3 Å². The van der Waals surface area contributed by atoms with Gasteiger partial charge < -0.3 is 10.3 Å². The zero-order valence-electron chi connectivity index (χ0n) is 16.8. The fourth-order valence-corrected chi connectivity index (χ4v) is 5.27. The van der Waals surface area contributed by atoms with Gasteiger partial charge in [0.15, 0.2) is 0 Å². The highest BCUT2D eigenvalue weighted by molar-refractivity contribution is 7.18. The van der Waals surface area contributed by atoms with Gasteiger partial charge in [-0.25, -0.2) is 4.98 Å². The summed E-state index contributed by atoms with van der Waals surface area (Å²) in [4.78, 5) is 34.7. The quantitative estimate of drug-likeness (QED) is 0.602. The summed E-state index contributed by atoms with van der Waals surface area (Å²) in [6.45, 7) is 2.70. The Morgan fingerprint density at radius 3 is 2.83 bits per heavy atom. The summed E-state index contributed by atoms with van der Waals surface area (Å²) < 4.78 is 0. The summed E-state index contributed by atoms with van der Waals surface area (Å²) in [6.07, 6.45) is 6.34. The maximum Gasteiger partial charge on any atom is 0.259 e. The molecule has 0 radical (unpaired) electrons. The molecule has 0 spiro atoms. The van der Waals surface area contributed by atoms with E-state index in [9.17, 15) is 9.59 Å². The normalized spacial score (nSPS) is 14.9. The molecule has 3 aromatic rings. The topological polar surface area (TPSA) is 74.8 Å². The maximum atomic E-state index is 12.7. The van der Waals surface area contributed by atoms with Crippen molar-refractivity contribution in [3.05, 3.63) is 62.5 Å². The smallest absolute Gasteiger partial charge is 0.259 e. The van der Waals surface area contributed by atoms with Crippen molar-refractivity contribution >= 4 is 27.5 Å². The minimum Gasteiger partial charge on any atom is -0.355 e. The number of nitrogens with one attached hydrogen (secondary N) is 2. The molecule has 1 aromatic carbocycles. The Bertz CT molecular complexity index is 1060. The number of carbonyl (C=O) groups is 1. The van der Waals surface area contributed by atoms with Crippen LogP contribution in [0, 0.1) is 0 Å². The van der Waals surface area contributed by atoms with E-state index in [1.54, 1.807) is 11.3 Å². The number of aromatic nitrogens is 2. The van der Waals surface area contributed by atoms with Crippen LogP contribution in [0.1, 0.15) is 60.4 Å². The van der Waals surface area contributed by atoms with Crippen molar-refractivity contribution in [2.75, 3.05) is 6.54 Å². The van der Waals surface area contributed by atoms with Gasteiger partial charge in [-0.3, -0.25) is 9.59 Å². The van der Waals surface area contributed by atoms with Crippen LogP contribution in [0.15, 0.2) is 35.1 Å². The van der Waals surface area contributed by atoms with E-state index in [2.05, 4.69) is 34.3 Å². The second kappa shape index (κ2) is 8.91. The van der Waals surface area contributed by atoms with Crippen LogP contribution < -0.4 is 10.9 Å². The molecule has 1 aliphatic carbocycles. The number of aromatic amines is 1. The summed E-state index contributed by atoms with van der Waals surface area (Å²) in [5.74, 6) is 0.846. The molecular weight excluding hydrogens is 382 g/mol. The lowest BCUT2D eigenvalue weighted by Crippen LogP contribution is -2.28. The van der Waals surface area contributed by atoms with Crippen molar-refractivity contribution in [3.8, 4) is 0 Å². The molecule has 4 rings (SSSR count). The molecule has 0 saturated carbocycles. The Labute approximate surface area is 174 Å². The van der Waals surface area contributed by atoms with E-state index >= 15 is 0 Å². The summed E-state index contributed by atoms with van der Waals surface area (Å²) in [7, 11) is 0. The van der Waals surface area contributed by atoms with Gasteiger partial charge >= 0.3 is 0 Å². The van der Waals surface area contributed by atoms with E-state index in [1.807, 2.05) is 18.2 Å². The fraction of sp³-hybridized carbons (Fsp3) is 0.435. The number of aryl methyl sites for hydroxylation is 3. The van der Waals surface area contributed by atoms with E-state index in [4.69, 9.17) is 0 Å². The van der Waals surface area contributed by atoms with E-state index in [0.717, 1.165) is 29.5 Å². The number of nitrogens with zero attached hydrogens (tertiary/aromatic N) is 1. The Hall–Kier alpha value is -2.47. The Kier molecular flexibility index (Phi) is 6.09. The first-order chi connectivity index (χ1) is 14.1. The third-order valence-electron chi connectivity index (χ3n) is 5.69. The monoisotopic (exact) mass is 409 g/mol. The molecule has 0 unspecified atom stereocenters. The number of thiophene rings is 1. The minimum absolute atomic E-state index is 0.0162. The molecule has 2 aromatic heterocycles. The highest BCUT2D eigenvalue weighted by Gasteiger charge is 2.19. The van der Waals surface area contributed by atoms with Gasteiger partial charge in [0.2, 0.25) is 5.91 Å². The summed E-state index contributed by atoms with van der Waals surface area (Å²) >= 11 is 1.66. The average molecular weight is 410 g/mol. The van der Waals surface area contributed by atoms with Gasteiger partial charge in [-0.1, -0.05) is 43.7 Å². The highest BCUT2D eigenvalue weighted by atomic mass is 32.1. The third-order valence-corrected chi connectivity index (χ3v) is 6.87. The number of amides is 1. The van der Waals surface area contributed by atoms with Crippen molar-refractivity contribution in [3.63, 3.8) is 0 Å². The number of carbonyl (C=O) groups excluding carboxylic acids is 1. The minimum atomic E-state index is -0.0532.